The fourth-order valence-corrected chi connectivity index (χ4v) is 2.99. The second-order valence-electron chi connectivity index (χ2n) is 6.82. The van der Waals surface area contributed by atoms with Crippen LogP contribution in [0.15, 0.2) is 24.3 Å². The molecule has 112 valence electrons. The highest BCUT2D eigenvalue weighted by molar-refractivity contribution is 7.99. The van der Waals surface area contributed by atoms with Gasteiger partial charge in [-0.1, -0.05) is 78.7 Å². The lowest BCUT2D eigenvalue weighted by Gasteiger charge is -2.19. The summed E-state index contributed by atoms with van der Waals surface area (Å²) < 4.78 is 0. The first-order valence-corrected chi connectivity index (χ1v) is 8.91. The van der Waals surface area contributed by atoms with Crippen molar-refractivity contribution < 1.29 is 0 Å². The lowest BCUT2D eigenvalue weighted by atomic mass is 9.88. The zero-order valence-electron chi connectivity index (χ0n) is 14.0. The van der Waals surface area contributed by atoms with Crippen molar-refractivity contribution in [3.8, 4) is 0 Å². The minimum absolute atomic E-state index is 0.369. The summed E-state index contributed by atoms with van der Waals surface area (Å²) in [4.78, 5) is 0. The fraction of sp³-hybridized carbons (Fsp3) is 0.778. The van der Waals surface area contributed by atoms with Crippen LogP contribution in [0.4, 0.5) is 0 Å². The number of hydrogen-bond acceptors (Lipinski definition) is 1. The van der Waals surface area contributed by atoms with Crippen molar-refractivity contribution in [1.29, 1.82) is 0 Å². The summed E-state index contributed by atoms with van der Waals surface area (Å²) in [5.41, 5.74) is 0.739. The Hall–Kier alpha value is -0.170. The first-order valence-electron chi connectivity index (χ1n) is 7.76. The van der Waals surface area contributed by atoms with Crippen LogP contribution < -0.4 is 0 Å². The third-order valence-corrected chi connectivity index (χ3v) is 4.21. The van der Waals surface area contributed by atoms with Crippen LogP contribution in [0, 0.1) is 10.8 Å². The van der Waals surface area contributed by atoms with Crippen LogP contribution in [0.3, 0.4) is 0 Å². The first kappa shape index (κ1) is 18.8. The van der Waals surface area contributed by atoms with Crippen LogP contribution in [-0.4, -0.2) is 11.5 Å². The van der Waals surface area contributed by atoms with Crippen molar-refractivity contribution in [2.45, 2.75) is 67.2 Å². The van der Waals surface area contributed by atoms with Crippen LogP contribution in [-0.2, 0) is 0 Å². The zero-order chi connectivity index (χ0) is 14.8. The normalized spacial score (nSPS) is 13.8. The number of hydrogen-bond donors (Lipinski definition) is 0. The molecule has 0 aromatic rings. The summed E-state index contributed by atoms with van der Waals surface area (Å²) in [5.74, 6) is 2.26. The van der Waals surface area contributed by atoms with E-state index in [1.54, 1.807) is 0 Å². The summed E-state index contributed by atoms with van der Waals surface area (Å²) in [6.07, 6.45) is 14.5. The molecule has 1 heteroatoms. The van der Waals surface area contributed by atoms with Gasteiger partial charge in [0.2, 0.25) is 0 Å². The Morgan fingerprint density at radius 2 is 1.11 bits per heavy atom. The molecule has 0 spiro atoms. The molecule has 0 unspecified atom stereocenters. The third kappa shape index (κ3) is 11.4. The zero-order valence-corrected chi connectivity index (χ0v) is 14.8. The summed E-state index contributed by atoms with van der Waals surface area (Å²) in [6.45, 7) is 13.8. The molecule has 0 N–H and O–H groups in total. The van der Waals surface area contributed by atoms with Gasteiger partial charge in [-0.3, -0.25) is 0 Å². The van der Waals surface area contributed by atoms with Crippen molar-refractivity contribution >= 4 is 11.8 Å². The Bertz CT molecular complexity index is 243. The third-order valence-electron chi connectivity index (χ3n) is 3.35. The SMILES string of the molecule is CCCC(C)(C)C=CCSCC=CC(C)(C)CCC. The highest BCUT2D eigenvalue weighted by Crippen LogP contribution is 2.25. The quantitative estimate of drug-likeness (QED) is 0.326. The maximum atomic E-state index is 2.38. The minimum atomic E-state index is 0.369. The average molecular weight is 283 g/mol. The van der Waals surface area contributed by atoms with E-state index >= 15 is 0 Å². The summed E-state index contributed by atoms with van der Waals surface area (Å²) >= 11 is 2.00. The van der Waals surface area contributed by atoms with E-state index < -0.39 is 0 Å². The highest BCUT2D eigenvalue weighted by atomic mass is 32.2. The molecule has 0 fully saturated rings. The molecule has 0 aromatic carbocycles. The molecule has 0 aliphatic rings. The molecule has 0 bridgehead atoms. The number of allylic oxidation sites excluding steroid dienone is 2. The van der Waals surface area contributed by atoms with Gasteiger partial charge in [-0.05, 0) is 23.7 Å². The van der Waals surface area contributed by atoms with Crippen molar-refractivity contribution in [1.82, 2.24) is 0 Å². The second kappa shape index (κ2) is 9.69. The Kier molecular flexibility index (Phi) is 9.60. The smallest absolute Gasteiger partial charge is 0.0116 e. The Balaban J connectivity index is 3.82. The molecule has 0 nitrogen and oxygen atoms in total. The van der Waals surface area contributed by atoms with E-state index in [1.165, 1.54) is 25.7 Å². The van der Waals surface area contributed by atoms with E-state index in [9.17, 15) is 0 Å². The number of thioether (sulfide) groups is 1. The molecule has 0 saturated heterocycles. The van der Waals surface area contributed by atoms with Gasteiger partial charge in [0.25, 0.3) is 0 Å². The molecular formula is C18H34S. The average Bonchev–Trinajstić information content (AvgIpc) is 2.27. The maximum Gasteiger partial charge on any atom is 0.0116 e. The largest absolute Gasteiger partial charge is 0.154 e. The predicted octanol–water partition coefficient (Wildman–Crippen LogP) is 6.48. The molecule has 0 aliphatic carbocycles. The van der Waals surface area contributed by atoms with Gasteiger partial charge in [0.1, 0.15) is 0 Å². The van der Waals surface area contributed by atoms with E-state index in [4.69, 9.17) is 0 Å². The molecule has 0 aromatic heterocycles. The van der Waals surface area contributed by atoms with Gasteiger partial charge < -0.3 is 0 Å². The van der Waals surface area contributed by atoms with Crippen molar-refractivity contribution in [2.75, 3.05) is 11.5 Å². The molecule has 0 radical (unpaired) electrons. The van der Waals surface area contributed by atoms with E-state index in [0.717, 1.165) is 11.5 Å². The maximum absolute atomic E-state index is 2.38. The molecule has 19 heavy (non-hydrogen) atoms. The summed E-state index contributed by atoms with van der Waals surface area (Å²) in [7, 11) is 0. The van der Waals surface area contributed by atoms with Gasteiger partial charge in [-0.15, -0.1) is 0 Å². The van der Waals surface area contributed by atoms with E-state index in [1.807, 2.05) is 11.8 Å². The van der Waals surface area contributed by atoms with Crippen LogP contribution in [0.25, 0.3) is 0 Å². The number of rotatable bonds is 10. The predicted molar refractivity (Wildman–Crippen MR) is 93.0 cm³/mol. The van der Waals surface area contributed by atoms with Crippen LogP contribution in [0.1, 0.15) is 67.2 Å². The van der Waals surface area contributed by atoms with Crippen LogP contribution in [0.5, 0.6) is 0 Å². The van der Waals surface area contributed by atoms with E-state index in [2.05, 4.69) is 65.8 Å². The Morgan fingerprint density at radius 1 is 0.737 bits per heavy atom. The van der Waals surface area contributed by atoms with Crippen molar-refractivity contribution in [2.24, 2.45) is 10.8 Å². The molecule has 0 aliphatic heterocycles. The minimum Gasteiger partial charge on any atom is -0.154 e. The molecule has 0 heterocycles. The molecular weight excluding hydrogens is 248 g/mol. The first-order chi connectivity index (χ1) is 8.83. The molecule has 0 atom stereocenters. The van der Waals surface area contributed by atoms with E-state index in [0.29, 0.717) is 10.8 Å². The monoisotopic (exact) mass is 282 g/mol. The standard InChI is InChI=1S/C18H34S/c1-7-11-17(3,4)13-9-15-19-16-10-14-18(5,6)12-8-2/h9-10,13-14H,7-8,11-12,15-16H2,1-6H3. The highest BCUT2D eigenvalue weighted by Gasteiger charge is 2.11. The lowest BCUT2D eigenvalue weighted by Crippen LogP contribution is -2.06. The molecule has 0 amide bonds. The van der Waals surface area contributed by atoms with Crippen LogP contribution in [0.2, 0.25) is 0 Å². The summed E-state index contributed by atoms with van der Waals surface area (Å²) in [6, 6.07) is 0. The van der Waals surface area contributed by atoms with Gasteiger partial charge in [-0.2, -0.15) is 11.8 Å². The Morgan fingerprint density at radius 3 is 1.42 bits per heavy atom. The molecule has 0 saturated carbocycles. The fourth-order valence-electron chi connectivity index (χ4n) is 2.39. The summed E-state index contributed by atoms with van der Waals surface area (Å²) in [5, 5.41) is 0. The second-order valence-corrected chi connectivity index (χ2v) is 7.89. The van der Waals surface area contributed by atoms with Gasteiger partial charge in [0, 0.05) is 11.5 Å². The van der Waals surface area contributed by atoms with Gasteiger partial charge in [0.15, 0.2) is 0 Å². The topological polar surface area (TPSA) is 0 Å². The van der Waals surface area contributed by atoms with Crippen LogP contribution >= 0.6 is 11.8 Å². The van der Waals surface area contributed by atoms with Crippen molar-refractivity contribution in [3.63, 3.8) is 0 Å². The van der Waals surface area contributed by atoms with Crippen molar-refractivity contribution in [3.05, 3.63) is 24.3 Å². The molecule has 0 rings (SSSR count). The lowest BCUT2D eigenvalue weighted by molar-refractivity contribution is 0.431. The van der Waals surface area contributed by atoms with E-state index in [-0.39, 0.29) is 0 Å². The van der Waals surface area contributed by atoms with Gasteiger partial charge >= 0.3 is 0 Å². The van der Waals surface area contributed by atoms with Gasteiger partial charge in [-0.25, -0.2) is 0 Å². The Labute approximate surface area is 126 Å². The van der Waals surface area contributed by atoms with Gasteiger partial charge in [0.05, 0.1) is 0 Å².